The Bertz CT molecular complexity index is 917. The number of thiazole rings is 1. The van der Waals surface area contributed by atoms with Crippen molar-refractivity contribution >= 4 is 28.8 Å². The topological polar surface area (TPSA) is 51.2 Å². The Kier molecular flexibility index (Phi) is 6.14. The van der Waals surface area contributed by atoms with Crippen molar-refractivity contribution in [2.24, 2.45) is 0 Å². The first-order chi connectivity index (χ1) is 12.9. The smallest absolute Gasteiger partial charge is 0.261 e. The summed E-state index contributed by atoms with van der Waals surface area (Å²) >= 11 is 7.74. The normalized spacial score (nSPS) is 11.9. The van der Waals surface area contributed by atoms with Gasteiger partial charge in [-0.15, -0.1) is 11.3 Å². The number of aryl methyl sites for hydroxylation is 2. The van der Waals surface area contributed by atoms with Crippen LogP contribution >= 0.6 is 22.9 Å². The fourth-order valence-electron chi connectivity index (χ4n) is 2.65. The second-order valence-electron chi connectivity index (χ2n) is 6.36. The van der Waals surface area contributed by atoms with Crippen LogP contribution in [-0.4, -0.2) is 17.0 Å². The third kappa shape index (κ3) is 4.87. The second-order valence-corrected chi connectivity index (χ2v) is 7.60. The quantitative estimate of drug-likeness (QED) is 0.621. The number of benzene rings is 2. The van der Waals surface area contributed by atoms with Crippen molar-refractivity contribution < 1.29 is 9.53 Å². The molecule has 6 heteroatoms. The van der Waals surface area contributed by atoms with Crippen molar-refractivity contribution in [2.75, 3.05) is 0 Å². The molecule has 1 unspecified atom stereocenters. The van der Waals surface area contributed by atoms with E-state index in [0.29, 0.717) is 12.3 Å². The van der Waals surface area contributed by atoms with Gasteiger partial charge in [-0.05, 0) is 44.0 Å². The van der Waals surface area contributed by atoms with Gasteiger partial charge in [-0.3, -0.25) is 4.79 Å². The third-order valence-electron chi connectivity index (χ3n) is 4.11. The lowest BCUT2D eigenvalue weighted by Gasteiger charge is -2.16. The lowest BCUT2D eigenvalue weighted by atomic mass is 10.1. The van der Waals surface area contributed by atoms with Crippen LogP contribution in [0.2, 0.25) is 5.02 Å². The van der Waals surface area contributed by atoms with Crippen LogP contribution in [0.15, 0.2) is 47.8 Å². The molecule has 140 valence electrons. The Morgan fingerprint density at radius 3 is 2.56 bits per heavy atom. The first kappa shape index (κ1) is 19.4. The van der Waals surface area contributed by atoms with E-state index in [2.05, 4.69) is 10.3 Å². The molecule has 1 heterocycles. The van der Waals surface area contributed by atoms with Gasteiger partial charge in [0.25, 0.3) is 5.91 Å². The molecule has 27 heavy (non-hydrogen) atoms. The molecule has 0 aliphatic heterocycles. The molecule has 1 N–H and O–H groups in total. The minimum atomic E-state index is -0.614. The van der Waals surface area contributed by atoms with Crippen LogP contribution in [-0.2, 0) is 11.3 Å². The molecular formula is C21H21ClN2O2S. The number of amides is 1. The molecule has 0 aliphatic carbocycles. The number of aromatic nitrogens is 1. The highest BCUT2D eigenvalue weighted by molar-refractivity contribution is 7.13. The minimum Gasteiger partial charge on any atom is -0.481 e. The lowest BCUT2D eigenvalue weighted by molar-refractivity contribution is -0.127. The van der Waals surface area contributed by atoms with Crippen molar-refractivity contribution in [3.8, 4) is 16.3 Å². The van der Waals surface area contributed by atoms with E-state index >= 15 is 0 Å². The Morgan fingerprint density at radius 1 is 1.22 bits per heavy atom. The molecule has 0 aliphatic rings. The number of carbonyl (C=O) groups excluding carboxylic acids is 1. The fourth-order valence-corrected chi connectivity index (χ4v) is 3.59. The maximum Gasteiger partial charge on any atom is 0.261 e. The SMILES string of the molecule is Cc1cc(OC(C)C(=O)NCc2csc(-c3ccccc3)n2)cc(C)c1Cl. The van der Waals surface area contributed by atoms with Gasteiger partial charge >= 0.3 is 0 Å². The van der Waals surface area contributed by atoms with Crippen LogP contribution in [0.4, 0.5) is 0 Å². The first-order valence-electron chi connectivity index (χ1n) is 8.65. The molecule has 3 rings (SSSR count). The van der Waals surface area contributed by atoms with Gasteiger partial charge in [-0.25, -0.2) is 4.98 Å². The molecule has 4 nitrogen and oxygen atoms in total. The van der Waals surface area contributed by atoms with Crippen LogP contribution < -0.4 is 10.1 Å². The fraction of sp³-hybridized carbons (Fsp3) is 0.238. The summed E-state index contributed by atoms with van der Waals surface area (Å²) in [5.41, 5.74) is 3.76. The van der Waals surface area contributed by atoms with E-state index in [4.69, 9.17) is 16.3 Å². The number of hydrogen-bond acceptors (Lipinski definition) is 4. The van der Waals surface area contributed by atoms with E-state index in [-0.39, 0.29) is 5.91 Å². The van der Waals surface area contributed by atoms with E-state index in [1.807, 2.05) is 61.7 Å². The zero-order valence-corrected chi connectivity index (χ0v) is 17.0. The van der Waals surface area contributed by atoms with Gasteiger partial charge in [0.15, 0.2) is 6.10 Å². The summed E-state index contributed by atoms with van der Waals surface area (Å²) in [6.45, 7) is 5.93. The average molecular weight is 401 g/mol. The van der Waals surface area contributed by atoms with Gasteiger partial charge in [0, 0.05) is 16.0 Å². The number of hydrogen-bond donors (Lipinski definition) is 1. The molecule has 1 amide bonds. The predicted octanol–water partition coefficient (Wildman–Crippen LogP) is 5.16. The van der Waals surface area contributed by atoms with Gasteiger partial charge in [0.2, 0.25) is 0 Å². The first-order valence-corrected chi connectivity index (χ1v) is 9.90. The summed E-state index contributed by atoms with van der Waals surface area (Å²) in [7, 11) is 0. The van der Waals surface area contributed by atoms with Crippen molar-refractivity contribution in [3.63, 3.8) is 0 Å². The van der Waals surface area contributed by atoms with Crippen molar-refractivity contribution in [2.45, 2.75) is 33.4 Å². The van der Waals surface area contributed by atoms with Gasteiger partial charge in [-0.2, -0.15) is 0 Å². The number of halogens is 1. The molecule has 1 atom stereocenters. The summed E-state index contributed by atoms with van der Waals surface area (Å²) in [6.07, 6.45) is -0.614. The Balaban J connectivity index is 1.57. The third-order valence-corrected chi connectivity index (χ3v) is 5.64. The number of ether oxygens (including phenoxy) is 1. The average Bonchev–Trinajstić information content (AvgIpc) is 3.14. The number of carbonyl (C=O) groups is 1. The number of nitrogens with zero attached hydrogens (tertiary/aromatic N) is 1. The molecule has 0 saturated heterocycles. The maximum absolute atomic E-state index is 12.3. The van der Waals surface area contributed by atoms with Crippen LogP contribution in [0.1, 0.15) is 23.7 Å². The molecule has 0 radical (unpaired) electrons. The zero-order valence-electron chi connectivity index (χ0n) is 15.5. The van der Waals surface area contributed by atoms with Gasteiger partial charge in [-0.1, -0.05) is 41.9 Å². The highest BCUT2D eigenvalue weighted by Gasteiger charge is 2.16. The van der Waals surface area contributed by atoms with Crippen LogP contribution in [0, 0.1) is 13.8 Å². The summed E-state index contributed by atoms with van der Waals surface area (Å²) in [5, 5.41) is 6.50. The molecule has 0 fully saturated rings. The Morgan fingerprint density at radius 2 is 1.89 bits per heavy atom. The molecule has 0 bridgehead atoms. The summed E-state index contributed by atoms with van der Waals surface area (Å²) in [5.74, 6) is 0.451. The summed E-state index contributed by atoms with van der Waals surface area (Å²) in [6, 6.07) is 13.7. The van der Waals surface area contributed by atoms with E-state index in [9.17, 15) is 4.79 Å². The van der Waals surface area contributed by atoms with Crippen molar-refractivity contribution in [1.82, 2.24) is 10.3 Å². The highest BCUT2D eigenvalue weighted by atomic mass is 35.5. The Hall–Kier alpha value is -2.37. The van der Waals surface area contributed by atoms with Crippen LogP contribution in [0.3, 0.4) is 0 Å². The molecule has 1 aromatic heterocycles. The summed E-state index contributed by atoms with van der Waals surface area (Å²) in [4.78, 5) is 16.9. The summed E-state index contributed by atoms with van der Waals surface area (Å²) < 4.78 is 5.77. The van der Waals surface area contributed by atoms with E-state index < -0.39 is 6.10 Å². The second kappa shape index (κ2) is 8.55. The van der Waals surface area contributed by atoms with Crippen molar-refractivity contribution in [1.29, 1.82) is 0 Å². The maximum atomic E-state index is 12.3. The lowest BCUT2D eigenvalue weighted by Crippen LogP contribution is -2.36. The molecule has 0 spiro atoms. The molecular weight excluding hydrogens is 380 g/mol. The number of nitrogens with one attached hydrogen (secondary N) is 1. The van der Waals surface area contributed by atoms with Crippen LogP contribution in [0.25, 0.3) is 10.6 Å². The van der Waals surface area contributed by atoms with Gasteiger partial charge in [0.05, 0.1) is 12.2 Å². The predicted molar refractivity (Wildman–Crippen MR) is 110 cm³/mol. The zero-order chi connectivity index (χ0) is 19.4. The van der Waals surface area contributed by atoms with Gasteiger partial charge in [0.1, 0.15) is 10.8 Å². The number of rotatable bonds is 6. The van der Waals surface area contributed by atoms with Gasteiger partial charge < -0.3 is 10.1 Å². The van der Waals surface area contributed by atoms with E-state index in [1.165, 1.54) is 0 Å². The minimum absolute atomic E-state index is 0.186. The van der Waals surface area contributed by atoms with Crippen LogP contribution in [0.5, 0.6) is 5.75 Å². The largest absolute Gasteiger partial charge is 0.481 e. The highest BCUT2D eigenvalue weighted by Crippen LogP contribution is 2.26. The Labute approximate surface area is 168 Å². The monoisotopic (exact) mass is 400 g/mol. The van der Waals surface area contributed by atoms with E-state index in [0.717, 1.165) is 32.4 Å². The molecule has 3 aromatic rings. The van der Waals surface area contributed by atoms with E-state index in [1.54, 1.807) is 18.3 Å². The molecule has 2 aromatic carbocycles. The van der Waals surface area contributed by atoms with Crippen molar-refractivity contribution in [3.05, 3.63) is 69.7 Å². The standard InChI is InChI=1S/C21H21ClN2O2S/c1-13-9-18(10-14(2)19(13)22)26-15(3)20(25)23-11-17-12-27-21(24-17)16-7-5-4-6-8-16/h4-10,12,15H,11H2,1-3H3,(H,23,25). The molecule has 0 saturated carbocycles.